The molecule has 0 amide bonds. The molecule has 1 rings (SSSR count). The summed E-state index contributed by atoms with van der Waals surface area (Å²) in [7, 11) is 0. The second kappa shape index (κ2) is 9.20. The first-order valence-electron chi connectivity index (χ1n) is 6.61. The van der Waals surface area contributed by atoms with Gasteiger partial charge in [0.05, 0.1) is 0 Å². The van der Waals surface area contributed by atoms with Crippen LogP contribution in [0, 0.1) is 5.92 Å². The predicted molar refractivity (Wildman–Crippen MR) is 73.0 cm³/mol. The quantitative estimate of drug-likeness (QED) is 0.664. The van der Waals surface area contributed by atoms with Crippen molar-refractivity contribution in [2.75, 3.05) is 19.8 Å². The Morgan fingerprint density at radius 2 is 1.88 bits per heavy atom. The van der Waals surface area contributed by atoms with Crippen LogP contribution < -0.4 is 5.32 Å². The Balaban J connectivity index is 1.88. The van der Waals surface area contributed by atoms with Crippen molar-refractivity contribution in [1.29, 1.82) is 0 Å². The van der Waals surface area contributed by atoms with Gasteiger partial charge in [0.1, 0.15) is 0 Å². The molecule has 0 unspecified atom stereocenters. The summed E-state index contributed by atoms with van der Waals surface area (Å²) in [6.07, 6.45) is 2.25. The molecule has 0 aliphatic rings. The summed E-state index contributed by atoms with van der Waals surface area (Å²) in [5.74, 6) is 0.742. The van der Waals surface area contributed by atoms with E-state index in [0.29, 0.717) is 0 Å². The van der Waals surface area contributed by atoms with E-state index < -0.39 is 0 Å². The van der Waals surface area contributed by atoms with Crippen LogP contribution in [0.3, 0.4) is 0 Å². The van der Waals surface area contributed by atoms with Gasteiger partial charge < -0.3 is 10.1 Å². The molecule has 1 N–H and O–H groups in total. The van der Waals surface area contributed by atoms with E-state index in [-0.39, 0.29) is 0 Å². The molecule has 0 spiro atoms. The van der Waals surface area contributed by atoms with Gasteiger partial charge in [-0.15, -0.1) is 0 Å². The Kier molecular flexibility index (Phi) is 7.69. The number of hydrogen-bond donors (Lipinski definition) is 1. The lowest BCUT2D eigenvalue weighted by Gasteiger charge is -2.07. The molecule has 96 valence electrons. The molecule has 0 aliphatic heterocycles. The SMILES string of the molecule is CC(C)CCOCCCNCc1ccccc1. The first-order chi connectivity index (χ1) is 8.29. The summed E-state index contributed by atoms with van der Waals surface area (Å²) in [5.41, 5.74) is 1.34. The summed E-state index contributed by atoms with van der Waals surface area (Å²) in [5, 5.41) is 3.42. The highest BCUT2D eigenvalue weighted by atomic mass is 16.5. The molecule has 0 saturated heterocycles. The van der Waals surface area contributed by atoms with E-state index in [1.807, 2.05) is 6.07 Å². The molecule has 2 heteroatoms. The monoisotopic (exact) mass is 235 g/mol. The highest BCUT2D eigenvalue weighted by molar-refractivity contribution is 5.14. The second-order valence-corrected chi connectivity index (χ2v) is 4.81. The van der Waals surface area contributed by atoms with Gasteiger partial charge in [0.15, 0.2) is 0 Å². The van der Waals surface area contributed by atoms with Gasteiger partial charge in [0.2, 0.25) is 0 Å². The number of benzene rings is 1. The maximum absolute atomic E-state index is 5.56. The number of hydrogen-bond acceptors (Lipinski definition) is 2. The lowest BCUT2D eigenvalue weighted by atomic mass is 10.1. The maximum atomic E-state index is 5.56. The van der Waals surface area contributed by atoms with E-state index in [1.165, 1.54) is 5.56 Å². The Morgan fingerprint density at radius 3 is 2.59 bits per heavy atom. The maximum Gasteiger partial charge on any atom is 0.0478 e. The normalized spacial score (nSPS) is 11.0. The average molecular weight is 235 g/mol. The zero-order chi connectivity index (χ0) is 12.3. The van der Waals surface area contributed by atoms with Crippen molar-refractivity contribution in [2.45, 2.75) is 33.2 Å². The van der Waals surface area contributed by atoms with Crippen LogP contribution in [0.1, 0.15) is 32.3 Å². The van der Waals surface area contributed by atoms with Gasteiger partial charge in [0, 0.05) is 19.8 Å². The Bertz CT molecular complexity index is 272. The molecule has 0 bridgehead atoms. The van der Waals surface area contributed by atoms with Crippen molar-refractivity contribution in [3.8, 4) is 0 Å². The zero-order valence-electron chi connectivity index (χ0n) is 11.1. The summed E-state index contributed by atoms with van der Waals surface area (Å²) in [6.45, 7) is 8.20. The van der Waals surface area contributed by atoms with Gasteiger partial charge in [-0.25, -0.2) is 0 Å². The van der Waals surface area contributed by atoms with E-state index in [1.54, 1.807) is 0 Å². The number of rotatable bonds is 9. The number of nitrogens with one attached hydrogen (secondary N) is 1. The molecule has 0 aromatic heterocycles. The van der Waals surface area contributed by atoms with Crippen LogP contribution >= 0.6 is 0 Å². The molecular formula is C15H25NO. The van der Waals surface area contributed by atoms with Crippen LogP contribution in [0.5, 0.6) is 0 Å². The second-order valence-electron chi connectivity index (χ2n) is 4.81. The molecule has 0 saturated carbocycles. The molecule has 0 heterocycles. The minimum absolute atomic E-state index is 0.742. The Hall–Kier alpha value is -0.860. The number of ether oxygens (including phenoxy) is 1. The van der Waals surface area contributed by atoms with Crippen LogP contribution in [-0.4, -0.2) is 19.8 Å². The molecule has 1 aromatic rings. The molecule has 2 nitrogen and oxygen atoms in total. The fourth-order valence-corrected chi connectivity index (χ4v) is 1.55. The van der Waals surface area contributed by atoms with Crippen molar-refractivity contribution in [1.82, 2.24) is 5.32 Å². The van der Waals surface area contributed by atoms with Crippen molar-refractivity contribution >= 4 is 0 Å². The van der Waals surface area contributed by atoms with Gasteiger partial charge in [-0.3, -0.25) is 0 Å². The Morgan fingerprint density at radius 1 is 1.12 bits per heavy atom. The third kappa shape index (κ3) is 7.94. The van der Waals surface area contributed by atoms with Gasteiger partial charge in [-0.1, -0.05) is 44.2 Å². The minimum Gasteiger partial charge on any atom is -0.381 e. The van der Waals surface area contributed by atoms with Crippen LogP contribution in [0.25, 0.3) is 0 Å². The first-order valence-corrected chi connectivity index (χ1v) is 6.61. The van der Waals surface area contributed by atoms with Crippen molar-refractivity contribution in [3.05, 3.63) is 35.9 Å². The topological polar surface area (TPSA) is 21.3 Å². The van der Waals surface area contributed by atoms with Crippen LogP contribution in [0.2, 0.25) is 0 Å². The molecule has 17 heavy (non-hydrogen) atoms. The fourth-order valence-electron chi connectivity index (χ4n) is 1.55. The van der Waals surface area contributed by atoms with Gasteiger partial charge >= 0.3 is 0 Å². The van der Waals surface area contributed by atoms with Crippen molar-refractivity contribution in [2.24, 2.45) is 5.92 Å². The van der Waals surface area contributed by atoms with E-state index in [0.717, 1.165) is 45.1 Å². The molecule has 0 atom stereocenters. The third-order valence-electron chi connectivity index (χ3n) is 2.65. The van der Waals surface area contributed by atoms with Crippen LogP contribution in [0.4, 0.5) is 0 Å². The molecule has 0 aliphatic carbocycles. The Labute approximate surface area is 105 Å². The van der Waals surface area contributed by atoms with Crippen LogP contribution in [0.15, 0.2) is 30.3 Å². The van der Waals surface area contributed by atoms with Gasteiger partial charge in [-0.05, 0) is 30.9 Å². The van der Waals surface area contributed by atoms with Crippen molar-refractivity contribution in [3.63, 3.8) is 0 Å². The predicted octanol–water partition coefficient (Wildman–Crippen LogP) is 3.23. The largest absolute Gasteiger partial charge is 0.381 e. The summed E-state index contributed by atoms with van der Waals surface area (Å²) in [4.78, 5) is 0. The van der Waals surface area contributed by atoms with Gasteiger partial charge in [-0.2, -0.15) is 0 Å². The van der Waals surface area contributed by atoms with E-state index in [4.69, 9.17) is 4.74 Å². The van der Waals surface area contributed by atoms with E-state index in [9.17, 15) is 0 Å². The first kappa shape index (κ1) is 14.2. The minimum atomic E-state index is 0.742. The lowest BCUT2D eigenvalue weighted by molar-refractivity contribution is 0.121. The molecule has 1 aromatic carbocycles. The van der Waals surface area contributed by atoms with E-state index >= 15 is 0 Å². The highest BCUT2D eigenvalue weighted by Crippen LogP contribution is 1.99. The van der Waals surface area contributed by atoms with Gasteiger partial charge in [0.25, 0.3) is 0 Å². The third-order valence-corrected chi connectivity index (χ3v) is 2.65. The van der Waals surface area contributed by atoms with Crippen molar-refractivity contribution < 1.29 is 4.74 Å². The zero-order valence-corrected chi connectivity index (χ0v) is 11.1. The molecular weight excluding hydrogens is 210 g/mol. The summed E-state index contributed by atoms with van der Waals surface area (Å²) < 4.78 is 5.56. The summed E-state index contributed by atoms with van der Waals surface area (Å²) in [6, 6.07) is 10.5. The molecule has 0 radical (unpaired) electrons. The smallest absolute Gasteiger partial charge is 0.0478 e. The molecule has 0 fully saturated rings. The standard InChI is InChI=1S/C15H25NO/c1-14(2)9-12-17-11-6-10-16-13-15-7-4-3-5-8-15/h3-5,7-8,14,16H,6,9-13H2,1-2H3. The highest BCUT2D eigenvalue weighted by Gasteiger charge is 1.94. The fraction of sp³-hybridized carbons (Fsp3) is 0.600. The van der Waals surface area contributed by atoms with E-state index in [2.05, 4.69) is 43.4 Å². The lowest BCUT2D eigenvalue weighted by Crippen LogP contribution is -2.16. The average Bonchev–Trinajstić information content (AvgIpc) is 2.33. The summed E-state index contributed by atoms with van der Waals surface area (Å²) >= 11 is 0. The van der Waals surface area contributed by atoms with Crippen LogP contribution in [-0.2, 0) is 11.3 Å².